The monoisotopic (exact) mass is 314 g/mol. The Morgan fingerprint density at radius 3 is 2.71 bits per heavy atom. The van der Waals surface area contributed by atoms with Crippen LogP contribution in [0, 0.1) is 0 Å². The maximum absolute atomic E-state index is 12.4. The van der Waals surface area contributed by atoms with Gasteiger partial charge < -0.3 is 9.15 Å². The van der Waals surface area contributed by atoms with Crippen molar-refractivity contribution in [2.45, 2.75) is 37.5 Å². The van der Waals surface area contributed by atoms with Gasteiger partial charge in [0.25, 0.3) is 10.0 Å². The highest BCUT2D eigenvalue weighted by Gasteiger charge is 2.30. The summed E-state index contributed by atoms with van der Waals surface area (Å²) >= 11 is 0. The fraction of sp³-hybridized carbons (Fsp3) is 0.714. The Bertz CT molecular complexity index is 578. The summed E-state index contributed by atoms with van der Waals surface area (Å²) in [5, 5.41) is 0.0701. The van der Waals surface area contributed by atoms with E-state index in [1.807, 2.05) is 6.92 Å². The number of sulfonamides is 1. The molecule has 0 aromatic carbocycles. The predicted molar refractivity (Wildman–Crippen MR) is 77.4 cm³/mol. The van der Waals surface area contributed by atoms with Crippen molar-refractivity contribution in [3.05, 3.63) is 17.9 Å². The highest BCUT2D eigenvalue weighted by atomic mass is 32.2. The fourth-order valence-corrected chi connectivity index (χ4v) is 4.34. The van der Waals surface area contributed by atoms with Crippen molar-refractivity contribution in [2.75, 3.05) is 32.8 Å². The summed E-state index contributed by atoms with van der Waals surface area (Å²) in [6.45, 7) is 6.26. The van der Waals surface area contributed by atoms with E-state index in [1.54, 1.807) is 12.1 Å². The smallest absolute Gasteiger partial charge is 0.276 e. The highest BCUT2D eigenvalue weighted by molar-refractivity contribution is 7.89. The summed E-state index contributed by atoms with van der Waals surface area (Å²) < 4.78 is 37.4. The molecule has 0 radical (unpaired) electrons. The van der Waals surface area contributed by atoms with E-state index >= 15 is 0 Å². The van der Waals surface area contributed by atoms with Gasteiger partial charge in [0.1, 0.15) is 5.76 Å². The first-order chi connectivity index (χ1) is 10.1. The maximum Gasteiger partial charge on any atom is 0.276 e. The van der Waals surface area contributed by atoms with Gasteiger partial charge in [0.2, 0.25) is 5.09 Å². The van der Waals surface area contributed by atoms with Crippen molar-refractivity contribution in [1.82, 2.24) is 9.21 Å². The Hall–Kier alpha value is -0.890. The van der Waals surface area contributed by atoms with Crippen LogP contribution in [0.2, 0.25) is 0 Å². The lowest BCUT2D eigenvalue weighted by Gasteiger charge is -2.30. The number of hydrogen-bond donors (Lipinski definition) is 0. The lowest BCUT2D eigenvalue weighted by atomic mass is 10.3. The molecule has 1 aromatic rings. The average molecular weight is 314 g/mol. The minimum atomic E-state index is -3.45. The van der Waals surface area contributed by atoms with Gasteiger partial charge in [0, 0.05) is 26.2 Å². The van der Waals surface area contributed by atoms with E-state index in [-0.39, 0.29) is 11.2 Å². The van der Waals surface area contributed by atoms with E-state index in [0.29, 0.717) is 32.0 Å². The molecule has 2 fully saturated rings. The van der Waals surface area contributed by atoms with Crippen LogP contribution in [0.5, 0.6) is 0 Å². The Labute approximate surface area is 125 Å². The van der Waals surface area contributed by atoms with Gasteiger partial charge >= 0.3 is 0 Å². The molecule has 21 heavy (non-hydrogen) atoms. The highest BCUT2D eigenvalue weighted by Crippen LogP contribution is 2.23. The van der Waals surface area contributed by atoms with Gasteiger partial charge in [-0.25, -0.2) is 8.42 Å². The van der Waals surface area contributed by atoms with Crippen molar-refractivity contribution in [1.29, 1.82) is 0 Å². The molecular formula is C14H22N2O4S. The molecule has 118 valence electrons. The number of rotatable bonds is 4. The van der Waals surface area contributed by atoms with Gasteiger partial charge in [0.15, 0.2) is 0 Å². The van der Waals surface area contributed by atoms with Crippen molar-refractivity contribution < 1.29 is 17.6 Å². The zero-order valence-corrected chi connectivity index (χ0v) is 13.1. The van der Waals surface area contributed by atoms with Crippen molar-refractivity contribution in [3.63, 3.8) is 0 Å². The molecule has 6 nitrogen and oxygen atoms in total. The quantitative estimate of drug-likeness (QED) is 0.838. The second kappa shape index (κ2) is 6.08. The SMILES string of the molecule is C[C@@H]1CN(Cc2ccc(S(=O)(=O)N3CCCC3)o2)CCO1. The zero-order valence-electron chi connectivity index (χ0n) is 12.3. The van der Waals surface area contributed by atoms with Gasteiger partial charge in [-0.05, 0) is 31.9 Å². The van der Waals surface area contributed by atoms with Crippen LogP contribution in [0.15, 0.2) is 21.6 Å². The lowest BCUT2D eigenvalue weighted by molar-refractivity contribution is -0.0233. The molecule has 3 heterocycles. The normalized spacial score (nSPS) is 25.5. The topological polar surface area (TPSA) is 63.0 Å². The average Bonchev–Trinajstić information content (AvgIpc) is 3.10. The van der Waals surface area contributed by atoms with E-state index in [1.165, 1.54) is 4.31 Å². The van der Waals surface area contributed by atoms with Crippen molar-refractivity contribution in [2.24, 2.45) is 0 Å². The second-order valence-electron chi connectivity index (χ2n) is 5.75. The van der Waals surface area contributed by atoms with Gasteiger partial charge in [0.05, 0.1) is 19.3 Å². The molecule has 0 aliphatic carbocycles. The molecule has 0 spiro atoms. The Morgan fingerprint density at radius 2 is 2.00 bits per heavy atom. The fourth-order valence-electron chi connectivity index (χ4n) is 2.89. The third kappa shape index (κ3) is 3.31. The molecule has 2 saturated heterocycles. The van der Waals surface area contributed by atoms with Crippen LogP contribution in [0.1, 0.15) is 25.5 Å². The Morgan fingerprint density at radius 1 is 1.24 bits per heavy atom. The first-order valence-electron chi connectivity index (χ1n) is 7.48. The minimum absolute atomic E-state index is 0.0701. The Balaban J connectivity index is 1.68. The largest absolute Gasteiger partial charge is 0.447 e. The summed E-state index contributed by atoms with van der Waals surface area (Å²) in [5.74, 6) is 0.696. The molecule has 2 aliphatic heterocycles. The lowest BCUT2D eigenvalue weighted by Crippen LogP contribution is -2.40. The number of furan rings is 1. The first-order valence-corrected chi connectivity index (χ1v) is 8.92. The first kappa shape index (κ1) is 15.0. The number of ether oxygens (including phenoxy) is 1. The summed E-state index contributed by atoms with van der Waals surface area (Å²) in [4.78, 5) is 2.22. The summed E-state index contributed by atoms with van der Waals surface area (Å²) in [6.07, 6.45) is 2.07. The van der Waals surface area contributed by atoms with Gasteiger partial charge in [-0.2, -0.15) is 4.31 Å². The molecule has 1 aromatic heterocycles. The van der Waals surface area contributed by atoms with Crippen LogP contribution in [0.4, 0.5) is 0 Å². The van der Waals surface area contributed by atoms with Crippen LogP contribution in [-0.2, 0) is 21.3 Å². The second-order valence-corrected chi connectivity index (χ2v) is 7.62. The van der Waals surface area contributed by atoms with Crippen molar-refractivity contribution >= 4 is 10.0 Å². The molecule has 0 bridgehead atoms. The van der Waals surface area contributed by atoms with Crippen LogP contribution in [0.3, 0.4) is 0 Å². The van der Waals surface area contributed by atoms with E-state index in [0.717, 1.165) is 25.9 Å². The number of hydrogen-bond acceptors (Lipinski definition) is 5. The van der Waals surface area contributed by atoms with Crippen LogP contribution in [-0.4, -0.2) is 56.5 Å². The molecule has 0 saturated carbocycles. The number of morpholine rings is 1. The molecule has 0 amide bonds. The van der Waals surface area contributed by atoms with Crippen LogP contribution < -0.4 is 0 Å². The van der Waals surface area contributed by atoms with Gasteiger partial charge in [-0.3, -0.25) is 4.90 Å². The number of nitrogens with zero attached hydrogens (tertiary/aromatic N) is 2. The van der Waals surface area contributed by atoms with Crippen molar-refractivity contribution in [3.8, 4) is 0 Å². The standard InChI is InChI=1S/C14H22N2O4S/c1-12-10-15(8-9-19-12)11-13-4-5-14(20-13)21(17,18)16-6-2-3-7-16/h4-5,12H,2-3,6-11H2,1H3/t12-/m1/s1. The minimum Gasteiger partial charge on any atom is -0.447 e. The van der Waals surface area contributed by atoms with E-state index < -0.39 is 10.0 Å². The third-order valence-corrected chi connectivity index (χ3v) is 5.77. The van der Waals surface area contributed by atoms with Gasteiger partial charge in [-0.15, -0.1) is 0 Å². The Kier molecular flexibility index (Phi) is 4.35. The molecular weight excluding hydrogens is 292 g/mol. The molecule has 3 rings (SSSR count). The van der Waals surface area contributed by atoms with Crippen LogP contribution >= 0.6 is 0 Å². The van der Waals surface area contributed by atoms with Crippen LogP contribution in [0.25, 0.3) is 0 Å². The molecule has 0 unspecified atom stereocenters. The van der Waals surface area contributed by atoms with E-state index in [2.05, 4.69) is 4.90 Å². The summed E-state index contributed by atoms with van der Waals surface area (Å²) in [6, 6.07) is 3.34. The molecule has 2 aliphatic rings. The van der Waals surface area contributed by atoms with Gasteiger partial charge in [-0.1, -0.05) is 0 Å². The summed E-state index contributed by atoms with van der Waals surface area (Å²) in [5.41, 5.74) is 0. The van der Waals surface area contributed by atoms with E-state index in [9.17, 15) is 8.42 Å². The molecule has 1 atom stereocenters. The summed E-state index contributed by atoms with van der Waals surface area (Å²) in [7, 11) is -3.45. The molecule has 7 heteroatoms. The third-order valence-electron chi connectivity index (χ3n) is 4.00. The molecule has 0 N–H and O–H groups in total. The zero-order chi connectivity index (χ0) is 14.9. The van der Waals surface area contributed by atoms with E-state index in [4.69, 9.17) is 9.15 Å². The maximum atomic E-state index is 12.4. The predicted octanol–water partition coefficient (Wildman–Crippen LogP) is 1.28.